The van der Waals surface area contributed by atoms with Crippen LogP contribution in [0.1, 0.15) is 15.9 Å². The zero-order valence-electron chi connectivity index (χ0n) is 16.3. The molecule has 0 atom stereocenters. The van der Waals surface area contributed by atoms with E-state index >= 15 is 0 Å². The molecular weight excluding hydrogens is 356 g/mol. The lowest BCUT2D eigenvalue weighted by molar-refractivity contribution is 0.104. The lowest BCUT2D eigenvalue weighted by Crippen LogP contribution is -1.96. The molecule has 5 heteroatoms. The molecule has 28 heavy (non-hydrogen) atoms. The first kappa shape index (κ1) is 19.3. The van der Waals surface area contributed by atoms with E-state index in [9.17, 15) is 4.79 Å². The molecule has 0 N–H and O–H groups in total. The average molecular weight is 378 g/mol. The molecule has 0 radical (unpaired) electrons. The van der Waals surface area contributed by atoms with Gasteiger partial charge in [0.25, 0.3) is 0 Å². The van der Waals surface area contributed by atoms with Gasteiger partial charge in [-0.15, -0.1) is 0 Å². The van der Waals surface area contributed by atoms with Crippen molar-refractivity contribution < 1.29 is 23.7 Å². The lowest BCUT2D eigenvalue weighted by Gasteiger charge is -2.12. The molecule has 3 aromatic carbocycles. The Bertz CT molecular complexity index is 1040. The van der Waals surface area contributed by atoms with Crippen molar-refractivity contribution >= 4 is 22.6 Å². The number of carbonyl (C=O) groups is 1. The van der Waals surface area contributed by atoms with Crippen LogP contribution in [0.25, 0.3) is 16.8 Å². The fourth-order valence-electron chi connectivity index (χ4n) is 2.95. The minimum Gasteiger partial charge on any atom is -0.497 e. The Morgan fingerprint density at radius 1 is 0.714 bits per heavy atom. The SMILES string of the molecule is COc1ccc2cc(C(=O)/C=C/c3cc(OC)c(OC)cc3OC)ccc2c1. The van der Waals surface area contributed by atoms with Crippen molar-refractivity contribution in [1.82, 2.24) is 0 Å². The molecular formula is C23H22O5. The smallest absolute Gasteiger partial charge is 0.185 e. The zero-order valence-corrected chi connectivity index (χ0v) is 16.3. The highest BCUT2D eigenvalue weighted by Crippen LogP contribution is 2.35. The summed E-state index contributed by atoms with van der Waals surface area (Å²) in [4.78, 5) is 12.7. The molecule has 0 aliphatic rings. The summed E-state index contributed by atoms with van der Waals surface area (Å²) >= 11 is 0. The highest BCUT2D eigenvalue weighted by molar-refractivity contribution is 6.08. The number of benzene rings is 3. The number of fused-ring (bicyclic) bond motifs is 1. The second-order valence-corrected chi connectivity index (χ2v) is 6.07. The molecule has 0 unspecified atom stereocenters. The summed E-state index contributed by atoms with van der Waals surface area (Å²) in [5.74, 6) is 2.40. The molecule has 0 saturated heterocycles. The molecule has 0 saturated carbocycles. The van der Waals surface area contributed by atoms with E-state index in [1.54, 1.807) is 52.7 Å². The lowest BCUT2D eigenvalue weighted by atomic mass is 10.0. The van der Waals surface area contributed by atoms with Crippen molar-refractivity contribution in [2.45, 2.75) is 0 Å². The molecule has 5 nitrogen and oxygen atoms in total. The van der Waals surface area contributed by atoms with Crippen molar-refractivity contribution in [2.75, 3.05) is 28.4 Å². The Hall–Kier alpha value is -3.47. The third-order valence-electron chi connectivity index (χ3n) is 4.48. The molecule has 0 fully saturated rings. The summed E-state index contributed by atoms with van der Waals surface area (Å²) < 4.78 is 21.2. The van der Waals surface area contributed by atoms with E-state index in [1.165, 1.54) is 6.08 Å². The Kier molecular flexibility index (Phi) is 5.84. The maximum Gasteiger partial charge on any atom is 0.185 e. The maximum atomic E-state index is 12.7. The summed E-state index contributed by atoms with van der Waals surface area (Å²) in [6.07, 6.45) is 3.23. The standard InChI is InChI=1S/C23H22O5/c1-25-19-9-7-15-11-17(6-5-16(15)12-19)20(24)10-8-18-13-22(27-3)23(28-4)14-21(18)26-2/h5-14H,1-4H3/b10-8+. The molecule has 0 aliphatic carbocycles. The van der Waals surface area contributed by atoms with E-state index in [0.29, 0.717) is 22.8 Å². The van der Waals surface area contributed by atoms with Gasteiger partial charge in [-0.3, -0.25) is 4.79 Å². The highest BCUT2D eigenvalue weighted by atomic mass is 16.5. The highest BCUT2D eigenvalue weighted by Gasteiger charge is 2.11. The molecule has 0 spiro atoms. The second kappa shape index (κ2) is 8.48. The van der Waals surface area contributed by atoms with Gasteiger partial charge in [-0.2, -0.15) is 0 Å². The number of hydrogen-bond donors (Lipinski definition) is 0. The quantitative estimate of drug-likeness (QED) is 0.438. The first-order chi connectivity index (χ1) is 13.6. The monoisotopic (exact) mass is 378 g/mol. The number of hydrogen-bond acceptors (Lipinski definition) is 5. The van der Waals surface area contributed by atoms with Gasteiger partial charge in [0, 0.05) is 17.2 Å². The Balaban J connectivity index is 1.90. The minimum atomic E-state index is -0.102. The first-order valence-electron chi connectivity index (χ1n) is 8.70. The van der Waals surface area contributed by atoms with Crippen LogP contribution in [0.2, 0.25) is 0 Å². The fourth-order valence-corrected chi connectivity index (χ4v) is 2.95. The van der Waals surface area contributed by atoms with E-state index in [0.717, 1.165) is 22.1 Å². The van der Waals surface area contributed by atoms with Gasteiger partial charge in [-0.1, -0.05) is 18.2 Å². The molecule has 0 aliphatic heterocycles. The third-order valence-corrected chi connectivity index (χ3v) is 4.48. The number of methoxy groups -OCH3 is 4. The van der Waals surface area contributed by atoms with E-state index in [-0.39, 0.29) is 5.78 Å². The van der Waals surface area contributed by atoms with E-state index in [2.05, 4.69) is 0 Å². The average Bonchev–Trinajstić information content (AvgIpc) is 2.75. The Morgan fingerprint density at radius 2 is 1.36 bits per heavy atom. The summed E-state index contributed by atoms with van der Waals surface area (Å²) in [6, 6.07) is 14.8. The Labute approximate surface area is 164 Å². The zero-order chi connectivity index (χ0) is 20.1. The Morgan fingerprint density at radius 3 is 2.04 bits per heavy atom. The van der Waals surface area contributed by atoms with Gasteiger partial charge in [-0.25, -0.2) is 0 Å². The van der Waals surface area contributed by atoms with Crippen LogP contribution in [-0.4, -0.2) is 34.2 Å². The van der Waals surface area contributed by atoms with Crippen LogP contribution in [0.3, 0.4) is 0 Å². The molecule has 3 aromatic rings. The normalized spacial score (nSPS) is 10.9. The number of rotatable bonds is 7. The minimum absolute atomic E-state index is 0.102. The topological polar surface area (TPSA) is 54.0 Å². The number of allylic oxidation sites excluding steroid dienone is 1. The van der Waals surface area contributed by atoms with E-state index in [1.807, 2.05) is 30.3 Å². The van der Waals surface area contributed by atoms with Gasteiger partial charge >= 0.3 is 0 Å². The number of ether oxygens (including phenoxy) is 4. The van der Waals surface area contributed by atoms with Crippen LogP contribution in [0.4, 0.5) is 0 Å². The fraction of sp³-hybridized carbons (Fsp3) is 0.174. The predicted octanol–water partition coefficient (Wildman–Crippen LogP) is 4.77. The molecule has 0 bridgehead atoms. The molecule has 3 rings (SSSR count). The van der Waals surface area contributed by atoms with Crippen LogP contribution in [0, 0.1) is 0 Å². The summed E-state index contributed by atoms with van der Waals surface area (Å²) in [7, 11) is 6.32. The largest absolute Gasteiger partial charge is 0.497 e. The van der Waals surface area contributed by atoms with Crippen molar-refractivity contribution in [2.24, 2.45) is 0 Å². The number of carbonyl (C=O) groups excluding carboxylic acids is 1. The van der Waals surface area contributed by atoms with E-state index in [4.69, 9.17) is 18.9 Å². The van der Waals surface area contributed by atoms with Crippen LogP contribution in [0.15, 0.2) is 54.6 Å². The van der Waals surface area contributed by atoms with Crippen LogP contribution >= 0.6 is 0 Å². The van der Waals surface area contributed by atoms with Gasteiger partial charge in [0.05, 0.1) is 28.4 Å². The van der Waals surface area contributed by atoms with Gasteiger partial charge in [0.1, 0.15) is 11.5 Å². The van der Waals surface area contributed by atoms with Crippen LogP contribution < -0.4 is 18.9 Å². The molecule has 144 valence electrons. The van der Waals surface area contributed by atoms with Gasteiger partial charge < -0.3 is 18.9 Å². The van der Waals surface area contributed by atoms with Crippen molar-refractivity contribution in [3.63, 3.8) is 0 Å². The van der Waals surface area contributed by atoms with Gasteiger partial charge in [0.15, 0.2) is 17.3 Å². The van der Waals surface area contributed by atoms with Crippen molar-refractivity contribution in [1.29, 1.82) is 0 Å². The number of ketones is 1. The summed E-state index contributed by atoms with van der Waals surface area (Å²) in [5, 5.41) is 1.99. The molecule has 0 amide bonds. The van der Waals surface area contributed by atoms with Crippen LogP contribution in [0.5, 0.6) is 23.0 Å². The van der Waals surface area contributed by atoms with Crippen molar-refractivity contribution in [3.8, 4) is 23.0 Å². The first-order valence-corrected chi connectivity index (χ1v) is 8.70. The predicted molar refractivity (Wildman–Crippen MR) is 110 cm³/mol. The summed E-state index contributed by atoms with van der Waals surface area (Å²) in [6.45, 7) is 0. The van der Waals surface area contributed by atoms with Crippen LogP contribution in [-0.2, 0) is 0 Å². The van der Waals surface area contributed by atoms with E-state index < -0.39 is 0 Å². The second-order valence-electron chi connectivity index (χ2n) is 6.07. The molecule has 0 heterocycles. The molecule has 0 aromatic heterocycles. The summed E-state index contributed by atoms with van der Waals surface area (Å²) in [5.41, 5.74) is 1.33. The third kappa shape index (κ3) is 3.93. The van der Waals surface area contributed by atoms with Crippen molar-refractivity contribution in [3.05, 3.63) is 65.7 Å². The maximum absolute atomic E-state index is 12.7. The van der Waals surface area contributed by atoms with Gasteiger partial charge in [-0.05, 0) is 47.2 Å². The van der Waals surface area contributed by atoms with Gasteiger partial charge in [0.2, 0.25) is 0 Å².